The van der Waals surface area contributed by atoms with Crippen LogP contribution >= 0.6 is 0 Å². The topological polar surface area (TPSA) is 118 Å². The van der Waals surface area contributed by atoms with Crippen LogP contribution in [-0.4, -0.2) is 77.7 Å². The van der Waals surface area contributed by atoms with Crippen molar-refractivity contribution in [3.05, 3.63) is 41.5 Å². The van der Waals surface area contributed by atoms with E-state index in [1.54, 1.807) is 27.4 Å². The minimum Gasteiger partial charge on any atom is -0.493 e. The SMILES string of the molecule is CCS(=O)(=O)Nc1cc(C(=O)O)ccc1N1CCN(Cc2ccc(OC)c(OC)c2OC)CC1. The second-order valence-corrected chi connectivity index (χ2v) is 9.81. The van der Waals surface area contributed by atoms with Gasteiger partial charge in [0.2, 0.25) is 15.8 Å². The van der Waals surface area contributed by atoms with E-state index in [9.17, 15) is 18.3 Å². The van der Waals surface area contributed by atoms with Crippen molar-refractivity contribution in [2.45, 2.75) is 13.5 Å². The maximum Gasteiger partial charge on any atom is 0.335 e. The van der Waals surface area contributed by atoms with Gasteiger partial charge in [-0.15, -0.1) is 0 Å². The fourth-order valence-corrected chi connectivity index (χ4v) is 4.58. The van der Waals surface area contributed by atoms with E-state index < -0.39 is 16.0 Å². The summed E-state index contributed by atoms with van der Waals surface area (Å²) in [5.41, 5.74) is 1.93. The first-order valence-electron chi connectivity index (χ1n) is 10.9. The predicted octanol–water partition coefficient (Wildman–Crippen LogP) is 2.49. The summed E-state index contributed by atoms with van der Waals surface area (Å²) in [5, 5.41) is 9.33. The van der Waals surface area contributed by atoms with Crippen LogP contribution in [0.2, 0.25) is 0 Å². The van der Waals surface area contributed by atoms with Crippen LogP contribution in [0.4, 0.5) is 11.4 Å². The maximum atomic E-state index is 12.2. The Morgan fingerprint density at radius 1 is 1.00 bits per heavy atom. The Kier molecular flexibility index (Phi) is 8.11. The number of sulfonamides is 1. The smallest absolute Gasteiger partial charge is 0.335 e. The quantitative estimate of drug-likeness (QED) is 0.515. The second kappa shape index (κ2) is 10.8. The summed E-state index contributed by atoms with van der Waals surface area (Å²) in [7, 11) is 1.18. The van der Waals surface area contributed by atoms with E-state index in [1.807, 2.05) is 12.1 Å². The van der Waals surface area contributed by atoms with Crippen LogP contribution in [0.3, 0.4) is 0 Å². The van der Waals surface area contributed by atoms with Crippen molar-refractivity contribution < 1.29 is 32.5 Å². The number of piperazine rings is 1. The lowest BCUT2D eigenvalue weighted by Crippen LogP contribution is -2.46. The number of hydrogen-bond donors (Lipinski definition) is 2. The van der Waals surface area contributed by atoms with Crippen molar-refractivity contribution in [2.75, 3.05) is 62.9 Å². The molecule has 1 saturated heterocycles. The first-order chi connectivity index (χ1) is 16.2. The summed E-state index contributed by atoms with van der Waals surface area (Å²) in [6.45, 7) is 4.90. The van der Waals surface area contributed by atoms with E-state index >= 15 is 0 Å². The molecule has 0 atom stereocenters. The third-order valence-corrected chi connectivity index (χ3v) is 7.07. The molecule has 1 fully saturated rings. The number of rotatable bonds is 10. The standard InChI is InChI=1S/C23H31N3O7S/c1-5-34(29,30)24-18-14-16(23(27)28)6-8-19(18)26-12-10-25(11-13-26)15-17-7-9-20(31-2)22(33-4)21(17)32-3/h6-9,14,24H,5,10-13,15H2,1-4H3,(H,27,28). The van der Waals surface area contributed by atoms with Crippen molar-refractivity contribution in [1.29, 1.82) is 0 Å². The molecule has 11 heteroatoms. The predicted molar refractivity (Wildman–Crippen MR) is 130 cm³/mol. The Bertz CT molecular complexity index is 1130. The molecule has 0 radical (unpaired) electrons. The summed E-state index contributed by atoms with van der Waals surface area (Å²) in [6.07, 6.45) is 0. The lowest BCUT2D eigenvalue weighted by atomic mass is 10.1. The Balaban J connectivity index is 1.77. The number of benzene rings is 2. The number of hydrogen-bond acceptors (Lipinski definition) is 8. The second-order valence-electron chi connectivity index (χ2n) is 7.80. The summed E-state index contributed by atoms with van der Waals surface area (Å²) >= 11 is 0. The van der Waals surface area contributed by atoms with Gasteiger partial charge in [0.05, 0.1) is 44.0 Å². The molecule has 0 unspecified atom stereocenters. The van der Waals surface area contributed by atoms with Crippen molar-refractivity contribution >= 4 is 27.4 Å². The van der Waals surface area contributed by atoms with E-state index in [0.717, 1.165) is 18.7 Å². The lowest BCUT2D eigenvalue weighted by molar-refractivity contribution is 0.0697. The molecule has 0 saturated carbocycles. The number of carboxylic acid groups (broad SMARTS) is 1. The highest BCUT2D eigenvalue weighted by Crippen LogP contribution is 2.40. The molecule has 34 heavy (non-hydrogen) atoms. The van der Waals surface area contributed by atoms with Crippen LogP contribution in [0.5, 0.6) is 17.2 Å². The molecular formula is C23H31N3O7S. The summed E-state index contributed by atoms with van der Waals surface area (Å²) in [6, 6.07) is 8.32. The summed E-state index contributed by atoms with van der Waals surface area (Å²) in [5.74, 6) is 0.555. The highest BCUT2D eigenvalue weighted by Gasteiger charge is 2.24. The number of ether oxygens (including phenoxy) is 3. The Morgan fingerprint density at radius 3 is 2.24 bits per heavy atom. The van der Waals surface area contributed by atoms with Crippen LogP contribution in [0, 0.1) is 0 Å². The first-order valence-corrected chi connectivity index (χ1v) is 12.5. The van der Waals surface area contributed by atoms with Crippen molar-refractivity contribution in [2.24, 2.45) is 0 Å². The minimum atomic E-state index is -3.56. The number of carboxylic acids is 1. The zero-order chi connectivity index (χ0) is 24.9. The van der Waals surface area contributed by atoms with Gasteiger partial charge in [0.15, 0.2) is 11.5 Å². The van der Waals surface area contributed by atoms with E-state index in [-0.39, 0.29) is 17.0 Å². The highest BCUT2D eigenvalue weighted by molar-refractivity contribution is 7.92. The van der Waals surface area contributed by atoms with Crippen LogP contribution in [0.1, 0.15) is 22.8 Å². The van der Waals surface area contributed by atoms with Gasteiger partial charge in [0.1, 0.15) is 0 Å². The third kappa shape index (κ3) is 5.65. The summed E-state index contributed by atoms with van der Waals surface area (Å²) in [4.78, 5) is 15.7. The third-order valence-electron chi connectivity index (χ3n) is 5.78. The molecule has 0 aliphatic carbocycles. The van der Waals surface area contributed by atoms with Crippen LogP contribution in [0.15, 0.2) is 30.3 Å². The van der Waals surface area contributed by atoms with Gasteiger partial charge < -0.3 is 24.2 Å². The molecule has 1 aliphatic heterocycles. The number of nitrogens with zero attached hydrogens (tertiary/aromatic N) is 2. The van der Waals surface area contributed by atoms with E-state index in [2.05, 4.69) is 14.5 Å². The van der Waals surface area contributed by atoms with E-state index in [4.69, 9.17) is 14.2 Å². The molecule has 0 aromatic heterocycles. The highest BCUT2D eigenvalue weighted by atomic mass is 32.2. The zero-order valence-corrected chi connectivity index (χ0v) is 20.6. The molecule has 2 aromatic carbocycles. The number of aromatic carboxylic acids is 1. The van der Waals surface area contributed by atoms with Gasteiger partial charge in [-0.25, -0.2) is 13.2 Å². The van der Waals surface area contributed by atoms with Crippen LogP contribution in [0.25, 0.3) is 0 Å². The van der Waals surface area contributed by atoms with Crippen LogP contribution < -0.4 is 23.8 Å². The fourth-order valence-electron chi connectivity index (χ4n) is 3.94. The Hall–Kier alpha value is -3.18. The maximum absolute atomic E-state index is 12.2. The molecule has 2 aromatic rings. The normalized spacial score (nSPS) is 14.5. The first kappa shape index (κ1) is 25.4. The van der Waals surface area contributed by atoms with Crippen molar-refractivity contribution in [3.8, 4) is 17.2 Å². The van der Waals surface area contributed by atoms with E-state index in [0.29, 0.717) is 42.6 Å². The number of anilines is 2. The molecular weight excluding hydrogens is 462 g/mol. The molecule has 3 rings (SSSR count). The molecule has 0 bridgehead atoms. The van der Waals surface area contributed by atoms with Gasteiger partial charge in [-0.2, -0.15) is 0 Å². The van der Waals surface area contributed by atoms with E-state index in [1.165, 1.54) is 19.1 Å². The van der Waals surface area contributed by atoms with Crippen LogP contribution in [-0.2, 0) is 16.6 Å². The average Bonchev–Trinajstić information content (AvgIpc) is 2.83. The Labute approximate surface area is 200 Å². The Morgan fingerprint density at radius 2 is 1.68 bits per heavy atom. The van der Waals surface area contributed by atoms with Gasteiger partial charge >= 0.3 is 5.97 Å². The fraction of sp³-hybridized carbons (Fsp3) is 0.435. The molecule has 0 spiro atoms. The number of nitrogens with one attached hydrogen (secondary N) is 1. The molecule has 2 N–H and O–H groups in total. The number of methoxy groups -OCH3 is 3. The van der Waals surface area contributed by atoms with Gasteiger partial charge in [0.25, 0.3) is 0 Å². The largest absolute Gasteiger partial charge is 0.493 e. The molecule has 186 valence electrons. The molecule has 1 heterocycles. The number of carbonyl (C=O) groups is 1. The van der Waals surface area contributed by atoms with Crippen molar-refractivity contribution in [1.82, 2.24) is 4.90 Å². The van der Waals surface area contributed by atoms with Gasteiger partial charge in [-0.3, -0.25) is 9.62 Å². The zero-order valence-electron chi connectivity index (χ0n) is 19.8. The molecule has 1 aliphatic rings. The van der Waals surface area contributed by atoms with Crippen molar-refractivity contribution in [3.63, 3.8) is 0 Å². The molecule has 0 amide bonds. The van der Waals surface area contributed by atoms with Gasteiger partial charge in [-0.05, 0) is 31.2 Å². The summed E-state index contributed by atoms with van der Waals surface area (Å²) < 4.78 is 43.3. The monoisotopic (exact) mass is 493 g/mol. The van der Waals surface area contributed by atoms with Gasteiger partial charge in [0, 0.05) is 38.3 Å². The lowest BCUT2D eigenvalue weighted by Gasteiger charge is -2.37. The van der Waals surface area contributed by atoms with Gasteiger partial charge in [-0.1, -0.05) is 6.07 Å². The molecule has 10 nitrogen and oxygen atoms in total. The minimum absolute atomic E-state index is 0.0248. The average molecular weight is 494 g/mol.